The predicted octanol–water partition coefficient (Wildman–Crippen LogP) is 2.56. The van der Waals surface area contributed by atoms with Crippen LogP contribution in [0.5, 0.6) is 0 Å². The molecule has 0 saturated carbocycles. The monoisotopic (exact) mass is 271 g/mol. The van der Waals surface area contributed by atoms with Crippen molar-refractivity contribution in [1.29, 1.82) is 0 Å². The number of carbonyl (C=O) groups excluding carboxylic acids is 1. The van der Waals surface area contributed by atoms with E-state index in [2.05, 4.69) is 10.3 Å². The SMILES string of the molecule is CCC(CC)NC(=O)c1cc([N+](=O)[O-])cnc1Cl. The smallest absolute Gasteiger partial charge is 0.288 e. The van der Waals surface area contributed by atoms with Crippen molar-refractivity contribution in [2.24, 2.45) is 0 Å². The van der Waals surface area contributed by atoms with Gasteiger partial charge < -0.3 is 5.32 Å². The molecular weight excluding hydrogens is 258 g/mol. The van der Waals surface area contributed by atoms with Crippen LogP contribution in [0.25, 0.3) is 0 Å². The molecule has 0 saturated heterocycles. The minimum atomic E-state index is -0.614. The lowest BCUT2D eigenvalue weighted by molar-refractivity contribution is -0.385. The summed E-state index contributed by atoms with van der Waals surface area (Å²) in [5, 5.41) is 13.3. The third kappa shape index (κ3) is 3.40. The summed E-state index contributed by atoms with van der Waals surface area (Å²) in [7, 11) is 0. The summed E-state index contributed by atoms with van der Waals surface area (Å²) in [6, 6.07) is 1.15. The molecule has 7 heteroatoms. The van der Waals surface area contributed by atoms with Crippen molar-refractivity contribution < 1.29 is 9.72 Å². The molecule has 98 valence electrons. The van der Waals surface area contributed by atoms with Crippen LogP contribution in [0.3, 0.4) is 0 Å². The number of nitrogens with one attached hydrogen (secondary N) is 1. The van der Waals surface area contributed by atoms with Crippen LogP contribution in [-0.4, -0.2) is 21.9 Å². The number of halogens is 1. The van der Waals surface area contributed by atoms with Crippen molar-refractivity contribution in [3.63, 3.8) is 0 Å². The van der Waals surface area contributed by atoms with Crippen molar-refractivity contribution in [3.8, 4) is 0 Å². The number of nitro groups is 1. The average Bonchev–Trinajstić information content (AvgIpc) is 2.35. The lowest BCUT2D eigenvalue weighted by Crippen LogP contribution is -2.34. The molecule has 1 heterocycles. The van der Waals surface area contributed by atoms with Crippen LogP contribution >= 0.6 is 11.6 Å². The van der Waals surface area contributed by atoms with Crippen LogP contribution in [-0.2, 0) is 0 Å². The number of nitrogens with zero attached hydrogens (tertiary/aromatic N) is 2. The summed E-state index contributed by atoms with van der Waals surface area (Å²) < 4.78 is 0. The Morgan fingerprint density at radius 3 is 2.67 bits per heavy atom. The molecule has 0 atom stereocenters. The van der Waals surface area contributed by atoms with Gasteiger partial charge in [-0.2, -0.15) is 0 Å². The van der Waals surface area contributed by atoms with Crippen LogP contribution in [0.2, 0.25) is 5.15 Å². The Morgan fingerprint density at radius 1 is 1.56 bits per heavy atom. The van der Waals surface area contributed by atoms with E-state index in [4.69, 9.17) is 11.6 Å². The van der Waals surface area contributed by atoms with Gasteiger partial charge in [0, 0.05) is 12.1 Å². The first kappa shape index (κ1) is 14.4. The summed E-state index contributed by atoms with van der Waals surface area (Å²) >= 11 is 5.77. The van der Waals surface area contributed by atoms with Crippen LogP contribution < -0.4 is 5.32 Å². The normalized spacial score (nSPS) is 10.4. The van der Waals surface area contributed by atoms with E-state index in [-0.39, 0.29) is 22.4 Å². The third-order valence-electron chi connectivity index (χ3n) is 2.60. The van der Waals surface area contributed by atoms with Gasteiger partial charge in [-0.3, -0.25) is 14.9 Å². The van der Waals surface area contributed by atoms with E-state index in [1.807, 2.05) is 13.8 Å². The number of hydrogen-bond acceptors (Lipinski definition) is 4. The van der Waals surface area contributed by atoms with Crippen molar-refractivity contribution in [2.45, 2.75) is 32.7 Å². The maximum absolute atomic E-state index is 11.9. The van der Waals surface area contributed by atoms with Crippen LogP contribution in [0.1, 0.15) is 37.0 Å². The summed E-state index contributed by atoms with van der Waals surface area (Å²) in [4.78, 5) is 25.6. The molecule has 0 fully saturated rings. The van der Waals surface area contributed by atoms with E-state index in [1.54, 1.807) is 0 Å². The predicted molar refractivity (Wildman–Crippen MR) is 67.7 cm³/mol. The zero-order valence-corrected chi connectivity index (χ0v) is 10.9. The van der Waals surface area contributed by atoms with E-state index >= 15 is 0 Å². The molecule has 18 heavy (non-hydrogen) atoms. The van der Waals surface area contributed by atoms with Crippen LogP contribution in [0, 0.1) is 10.1 Å². The van der Waals surface area contributed by atoms with E-state index < -0.39 is 10.8 Å². The van der Waals surface area contributed by atoms with Crippen molar-refractivity contribution in [1.82, 2.24) is 10.3 Å². The summed E-state index contributed by atoms with van der Waals surface area (Å²) in [6.07, 6.45) is 2.58. The van der Waals surface area contributed by atoms with E-state index in [0.29, 0.717) is 0 Å². The Hall–Kier alpha value is -1.69. The fourth-order valence-corrected chi connectivity index (χ4v) is 1.64. The highest BCUT2D eigenvalue weighted by atomic mass is 35.5. The van der Waals surface area contributed by atoms with Gasteiger partial charge in [0.05, 0.1) is 10.5 Å². The molecule has 0 aliphatic rings. The Kier molecular flexibility index (Phi) is 5.03. The molecule has 1 aromatic heterocycles. The highest BCUT2D eigenvalue weighted by Crippen LogP contribution is 2.19. The van der Waals surface area contributed by atoms with E-state index in [1.165, 1.54) is 0 Å². The maximum atomic E-state index is 11.9. The van der Waals surface area contributed by atoms with Crippen molar-refractivity contribution in [3.05, 3.63) is 33.1 Å². The second kappa shape index (κ2) is 6.30. The molecule has 0 bridgehead atoms. The number of amides is 1. The van der Waals surface area contributed by atoms with E-state index in [9.17, 15) is 14.9 Å². The maximum Gasteiger partial charge on any atom is 0.288 e. The first-order valence-corrected chi connectivity index (χ1v) is 5.98. The Labute approximate surface area is 110 Å². The molecule has 1 N–H and O–H groups in total. The number of pyridine rings is 1. The topological polar surface area (TPSA) is 85.1 Å². The standard InChI is InChI=1S/C11H14ClN3O3/c1-3-7(4-2)14-11(16)9-5-8(15(17)18)6-13-10(9)12/h5-7H,3-4H2,1-2H3,(H,14,16). The van der Waals surface area contributed by atoms with Gasteiger partial charge in [0.1, 0.15) is 11.3 Å². The van der Waals surface area contributed by atoms with Crippen LogP contribution in [0.4, 0.5) is 5.69 Å². The molecule has 1 amide bonds. The van der Waals surface area contributed by atoms with Crippen molar-refractivity contribution >= 4 is 23.2 Å². The molecule has 1 aromatic rings. The number of carbonyl (C=O) groups is 1. The summed E-state index contributed by atoms with van der Waals surface area (Å²) in [6.45, 7) is 3.89. The summed E-state index contributed by atoms with van der Waals surface area (Å²) in [5.74, 6) is -0.440. The number of hydrogen-bond donors (Lipinski definition) is 1. The fraction of sp³-hybridized carbons (Fsp3) is 0.455. The van der Waals surface area contributed by atoms with E-state index in [0.717, 1.165) is 25.1 Å². The number of aromatic nitrogens is 1. The van der Waals surface area contributed by atoms with Crippen molar-refractivity contribution in [2.75, 3.05) is 0 Å². The minimum absolute atomic E-state index is 0.0211. The quantitative estimate of drug-likeness (QED) is 0.507. The highest BCUT2D eigenvalue weighted by molar-refractivity contribution is 6.32. The Bertz CT molecular complexity index is 461. The lowest BCUT2D eigenvalue weighted by atomic mass is 10.1. The largest absolute Gasteiger partial charge is 0.349 e. The second-order valence-electron chi connectivity index (χ2n) is 3.78. The van der Waals surface area contributed by atoms with Gasteiger partial charge in [-0.25, -0.2) is 4.98 Å². The molecule has 0 aliphatic carbocycles. The molecule has 0 spiro atoms. The highest BCUT2D eigenvalue weighted by Gasteiger charge is 2.18. The molecule has 0 unspecified atom stereocenters. The molecule has 1 rings (SSSR count). The van der Waals surface area contributed by atoms with Gasteiger partial charge in [0.25, 0.3) is 11.6 Å². The molecule has 0 radical (unpaired) electrons. The molecule has 0 aromatic carbocycles. The van der Waals surface area contributed by atoms with Gasteiger partial charge in [0.15, 0.2) is 0 Å². The van der Waals surface area contributed by atoms with Gasteiger partial charge >= 0.3 is 0 Å². The van der Waals surface area contributed by atoms with Gasteiger partial charge in [-0.15, -0.1) is 0 Å². The zero-order chi connectivity index (χ0) is 13.7. The Morgan fingerprint density at radius 2 is 2.17 bits per heavy atom. The van der Waals surface area contributed by atoms with Gasteiger partial charge in [0.2, 0.25) is 0 Å². The van der Waals surface area contributed by atoms with Gasteiger partial charge in [-0.05, 0) is 12.8 Å². The molecule has 0 aliphatic heterocycles. The van der Waals surface area contributed by atoms with Gasteiger partial charge in [-0.1, -0.05) is 25.4 Å². The lowest BCUT2D eigenvalue weighted by Gasteiger charge is -2.14. The fourth-order valence-electron chi connectivity index (χ4n) is 1.45. The Balaban J connectivity index is 2.97. The average molecular weight is 272 g/mol. The molecule has 6 nitrogen and oxygen atoms in total. The first-order valence-electron chi connectivity index (χ1n) is 5.60. The first-order chi connectivity index (χ1) is 8.49. The van der Waals surface area contributed by atoms with Crippen LogP contribution in [0.15, 0.2) is 12.3 Å². The number of rotatable bonds is 5. The minimum Gasteiger partial charge on any atom is -0.349 e. The third-order valence-corrected chi connectivity index (χ3v) is 2.90. The molecular formula is C11H14ClN3O3. The second-order valence-corrected chi connectivity index (χ2v) is 4.13. The zero-order valence-electron chi connectivity index (χ0n) is 10.1. The summed E-state index contributed by atoms with van der Waals surface area (Å²) in [5.41, 5.74) is -0.230.